The smallest absolute Gasteiger partial charge is 0.255 e. The third kappa shape index (κ3) is 3.87. The molecule has 26 heavy (non-hydrogen) atoms. The first-order valence-electron chi connectivity index (χ1n) is 8.84. The van der Waals surface area contributed by atoms with E-state index < -0.39 is 0 Å². The highest BCUT2D eigenvalue weighted by atomic mass is 16.2. The topological polar surface area (TPSA) is 61.4 Å². The molecule has 1 aliphatic rings. The van der Waals surface area contributed by atoms with E-state index in [-0.39, 0.29) is 23.1 Å². The highest BCUT2D eigenvalue weighted by Gasteiger charge is 2.26. The Morgan fingerprint density at radius 3 is 2.42 bits per heavy atom. The van der Waals surface area contributed by atoms with E-state index in [0.29, 0.717) is 17.8 Å². The second-order valence-electron chi connectivity index (χ2n) is 7.82. The summed E-state index contributed by atoms with van der Waals surface area (Å²) >= 11 is 0. The zero-order valence-corrected chi connectivity index (χ0v) is 15.7. The van der Waals surface area contributed by atoms with Crippen molar-refractivity contribution in [1.29, 1.82) is 0 Å². The summed E-state index contributed by atoms with van der Waals surface area (Å²) in [6.45, 7) is 8.94. The Kier molecular flexibility index (Phi) is 4.72. The molecule has 5 heteroatoms. The molecule has 0 bridgehead atoms. The van der Waals surface area contributed by atoms with Gasteiger partial charge in [0, 0.05) is 11.3 Å². The van der Waals surface area contributed by atoms with Gasteiger partial charge >= 0.3 is 0 Å². The van der Waals surface area contributed by atoms with Crippen LogP contribution in [0.4, 0.5) is 11.4 Å². The van der Waals surface area contributed by atoms with Crippen molar-refractivity contribution in [3.63, 3.8) is 0 Å². The average Bonchev–Trinajstić information content (AvgIpc) is 2.93. The molecule has 2 aromatic carbocycles. The van der Waals surface area contributed by atoms with Crippen LogP contribution in [-0.2, 0) is 10.2 Å². The van der Waals surface area contributed by atoms with Crippen LogP contribution in [0.2, 0.25) is 0 Å². The molecule has 3 rings (SSSR count). The van der Waals surface area contributed by atoms with Gasteiger partial charge in [-0.3, -0.25) is 20.0 Å². The summed E-state index contributed by atoms with van der Waals surface area (Å²) in [6, 6.07) is 15.2. The maximum absolute atomic E-state index is 12.5. The molecule has 1 heterocycles. The van der Waals surface area contributed by atoms with Crippen LogP contribution in [0, 0.1) is 5.92 Å². The summed E-state index contributed by atoms with van der Waals surface area (Å²) in [5, 5.41) is 4.73. The van der Waals surface area contributed by atoms with Gasteiger partial charge in [0.2, 0.25) is 5.91 Å². The number of benzene rings is 2. The zero-order valence-electron chi connectivity index (χ0n) is 15.7. The molecule has 0 spiro atoms. The minimum Gasteiger partial charge on any atom is -0.322 e. The van der Waals surface area contributed by atoms with Gasteiger partial charge in [0.25, 0.3) is 5.91 Å². The van der Waals surface area contributed by atoms with Crippen molar-refractivity contribution in [3.05, 3.63) is 59.7 Å². The van der Waals surface area contributed by atoms with E-state index in [4.69, 9.17) is 0 Å². The Bertz CT molecular complexity index is 822. The predicted molar refractivity (Wildman–Crippen MR) is 104 cm³/mol. The van der Waals surface area contributed by atoms with Crippen LogP contribution >= 0.6 is 0 Å². The standard InChI is InChI=1S/C21H25N3O2/c1-14-13-24(23-19(14)25)18-7-5-6-17(12-18)22-20(26)15-8-10-16(11-9-15)21(2,3)4/h5-12,14H,13H2,1-4H3,(H,22,26)(H,23,25). The molecule has 1 fully saturated rings. The molecule has 1 unspecified atom stereocenters. The highest BCUT2D eigenvalue weighted by Crippen LogP contribution is 2.24. The fourth-order valence-electron chi connectivity index (χ4n) is 2.89. The van der Waals surface area contributed by atoms with Crippen LogP contribution in [0.1, 0.15) is 43.6 Å². The maximum Gasteiger partial charge on any atom is 0.255 e. The number of hydrazine groups is 1. The van der Waals surface area contributed by atoms with Crippen LogP contribution < -0.4 is 15.8 Å². The Hall–Kier alpha value is -2.82. The Balaban J connectivity index is 1.72. The average molecular weight is 351 g/mol. The van der Waals surface area contributed by atoms with Gasteiger partial charge in [0.15, 0.2) is 0 Å². The quantitative estimate of drug-likeness (QED) is 0.886. The molecule has 2 amide bonds. The van der Waals surface area contributed by atoms with E-state index in [1.54, 1.807) is 5.01 Å². The van der Waals surface area contributed by atoms with Gasteiger partial charge in [0.05, 0.1) is 18.2 Å². The molecular formula is C21H25N3O2. The van der Waals surface area contributed by atoms with Gasteiger partial charge < -0.3 is 5.32 Å². The van der Waals surface area contributed by atoms with E-state index >= 15 is 0 Å². The molecule has 1 atom stereocenters. The molecule has 136 valence electrons. The SMILES string of the molecule is CC1CN(c2cccc(NC(=O)c3ccc(C(C)(C)C)cc3)c2)NC1=O. The Morgan fingerprint density at radius 1 is 1.15 bits per heavy atom. The number of carbonyl (C=O) groups excluding carboxylic acids is 2. The van der Waals surface area contributed by atoms with Crippen molar-refractivity contribution >= 4 is 23.2 Å². The third-order valence-corrected chi connectivity index (χ3v) is 4.58. The Morgan fingerprint density at radius 2 is 1.85 bits per heavy atom. The van der Waals surface area contributed by atoms with Crippen molar-refractivity contribution in [2.75, 3.05) is 16.9 Å². The largest absolute Gasteiger partial charge is 0.322 e. The summed E-state index contributed by atoms with van der Waals surface area (Å²) in [6.07, 6.45) is 0. The molecule has 1 saturated heterocycles. The van der Waals surface area contributed by atoms with E-state index in [0.717, 1.165) is 5.69 Å². The second-order valence-corrected chi connectivity index (χ2v) is 7.82. The summed E-state index contributed by atoms with van der Waals surface area (Å²) in [7, 11) is 0. The molecule has 5 nitrogen and oxygen atoms in total. The van der Waals surface area contributed by atoms with Crippen LogP contribution in [0.25, 0.3) is 0 Å². The monoisotopic (exact) mass is 351 g/mol. The lowest BCUT2D eigenvalue weighted by molar-refractivity contribution is -0.121. The molecule has 0 aliphatic carbocycles. The van der Waals surface area contributed by atoms with E-state index in [2.05, 4.69) is 31.5 Å². The number of nitrogens with one attached hydrogen (secondary N) is 2. The molecule has 0 aromatic heterocycles. The second kappa shape index (κ2) is 6.83. The zero-order chi connectivity index (χ0) is 18.9. The molecule has 2 aromatic rings. The first kappa shape index (κ1) is 18.0. The van der Waals surface area contributed by atoms with Crippen molar-refractivity contribution in [3.8, 4) is 0 Å². The van der Waals surface area contributed by atoms with Gasteiger partial charge in [-0.05, 0) is 41.3 Å². The van der Waals surface area contributed by atoms with Crippen molar-refractivity contribution in [1.82, 2.24) is 5.43 Å². The number of carbonyl (C=O) groups is 2. The first-order chi connectivity index (χ1) is 12.2. The van der Waals surface area contributed by atoms with E-state index in [1.165, 1.54) is 5.56 Å². The Labute approximate surface area is 154 Å². The van der Waals surface area contributed by atoms with Crippen LogP contribution in [0.5, 0.6) is 0 Å². The molecule has 1 aliphatic heterocycles. The fourth-order valence-corrected chi connectivity index (χ4v) is 2.89. The minimum absolute atomic E-state index is 0.0124. The van der Waals surface area contributed by atoms with Crippen LogP contribution in [0.3, 0.4) is 0 Å². The predicted octanol–water partition coefficient (Wildman–Crippen LogP) is 3.72. The maximum atomic E-state index is 12.5. The van der Waals surface area contributed by atoms with Crippen molar-refractivity contribution < 1.29 is 9.59 Å². The van der Waals surface area contributed by atoms with Gasteiger partial charge in [-0.25, -0.2) is 0 Å². The van der Waals surface area contributed by atoms with Gasteiger partial charge in [-0.2, -0.15) is 0 Å². The lowest BCUT2D eigenvalue weighted by Gasteiger charge is -2.19. The fraction of sp³-hybridized carbons (Fsp3) is 0.333. The lowest BCUT2D eigenvalue weighted by Crippen LogP contribution is -2.32. The number of amides is 2. The highest BCUT2D eigenvalue weighted by molar-refractivity contribution is 6.04. The van der Waals surface area contributed by atoms with Gasteiger partial charge in [0.1, 0.15) is 0 Å². The molecule has 2 N–H and O–H groups in total. The van der Waals surface area contributed by atoms with Crippen molar-refractivity contribution in [2.45, 2.75) is 33.1 Å². The number of hydrogen-bond donors (Lipinski definition) is 2. The summed E-state index contributed by atoms with van der Waals surface area (Å²) in [4.78, 5) is 24.2. The van der Waals surface area contributed by atoms with Crippen LogP contribution in [0.15, 0.2) is 48.5 Å². The number of nitrogens with zero attached hydrogens (tertiary/aromatic N) is 1. The van der Waals surface area contributed by atoms with Gasteiger partial charge in [-0.1, -0.05) is 45.9 Å². The molecule has 0 saturated carbocycles. The lowest BCUT2D eigenvalue weighted by atomic mass is 9.87. The summed E-state index contributed by atoms with van der Waals surface area (Å²) in [5.74, 6) is -0.186. The first-order valence-corrected chi connectivity index (χ1v) is 8.84. The molecular weight excluding hydrogens is 326 g/mol. The minimum atomic E-state index is -0.151. The van der Waals surface area contributed by atoms with Crippen molar-refractivity contribution in [2.24, 2.45) is 5.92 Å². The number of anilines is 2. The van der Waals surface area contributed by atoms with E-state index in [9.17, 15) is 9.59 Å². The number of hydrogen-bond acceptors (Lipinski definition) is 3. The third-order valence-electron chi connectivity index (χ3n) is 4.58. The van der Waals surface area contributed by atoms with Crippen LogP contribution in [-0.4, -0.2) is 18.4 Å². The number of rotatable bonds is 3. The van der Waals surface area contributed by atoms with E-state index in [1.807, 2.05) is 55.5 Å². The van der Waals surface area contributed by atoms with Gasteiger partial charge in [-0.15, -0.1) is 0 Å². The summed E-state index contributed by atoms with van der Waals surface area (Å²) in [5.41, 5.74) is 6.24. The summed E-state index contributed by atoms with van der Waals surface area (Å²) < 4.78 is 0. The molecule has 0 radical (unpaired) electrons. The normalized spacial score (nSPS) is 17.2.